The van der Waals surface area contributed by atoms with Gasteiger partial charge in [-0.15, -0.1) is 0 Å². The molecule has 3 amide bonds. The second kappa shape index (κ2) is 8.33. The Bertz CT molecular complexity index is 1250. The van der Waals surface area contributed by atoms with Gasteiger partial charge in [-0.3, -0.25) is 19.6 Å². The van der Waals surface area contributed by atoms with Crippen LogP contribution in [0.4, 0.5) is 18.0 Å². The lowest BCUT2D eigenvalue weighted by Crippen LogP contribution is -2.46. The number of nitrogens with one attached hydrogen (secondary N) is 3. The van der Waals surface area contributed by atoms with E-state index < -0.39 is 23.7 Å². The summed E-state index contributed by atoms with van der Waals surface area (Å²) in [5.74, 6) is 0.0693. The smallest absolute Gasteiger partial charge is 0.333 e. The van der Waals surface area contributed by atoms with E-state index >= 15 is 0 Å². The van der Waals surface area contributed by atoms with Crippen LogP contribution in [0.25, 0.3) is 10.9 Å². The third-order valence-electron chi connectivity index (χ3n) is 5.10. The number of nitrogens with zero attached hydrogens (tertiary/aromatic N) is 2. The van der Waals surface area contributed by atoms with Crippen molar-refractivity contribution < 1.29 is 22.8 Å². The molecule has 0 saturated carbocycles. The molecule has 1 aliphatic heterocycles. The van der Waals surface area contributed by atoms with Crippen LogP contribution >= 0.6 is 0 Å². The Morgan fingerprint density at radius 3 is 2.53 bits per heavy atom. The molecule has 0 saturated heterocycles. The highest BCUT2D eigenvalue weighted by Crippen LogP contribution is 2.29. The Labute approximate surface area is 179 Å². The third kappa shape index (κ3) is 4.41. The lowest BCUT2D eigenvalue weighted by Gasteiger charge is -2.11. The number of rotatable bonds is 3. The average molecular weight is 445 g/mol. The summed E-state index contributed by atoms with van der Waals surface area (Å²) in [6, 6.07) is 8.07. The molecular formula is C21H18F3N5O3. The first-order valence-electron chi connectivity index (χ1n) is 9.76. The van der Waals surface area contributed by atoms with Gasteiger partial charge in [0.2, 0.25) is 0 Å². The lowest BCUT2D eigenvalue weighted by molar-refractivity contribution is -0.137. The summed E-state index contributed by atoms with van der Waals surface area (Å²) >= 11 is 0. The topological polar surface area (TPSA) is 105 Å². The Morgan fingerprint density at radius 2 is 1.81 bits per heavy atom. The van der Waals surface area contributed by atoms with Crippen LogP contribution < -0.4 is 21.7 Å². The fourth-order valence-corrected chi connectivity index (χ4v) is 3.45. The first-order chi connectivity index (χ1) is 15.2. The third-order valence-corrected chi connectivity index (χ3v) is 5.10. The van der Waals surface area contributed by atoms with Crippen molar-refractivity contribution >= 4 is 22.8 Å². The van der Waals surface area contributed by atoms with Crippen molar-refractivity contribution in [3.05, 3.63) is 75.3 Å². The fourth-order valence-electron chi connectivity index (χ4n) is 3.45. The van der Waals surface area contributed by atoms with E-state index in [1.165, 1.54) is 30.3 Å². The Hall–Kier alpha value is -3.89. The number of aryl methyl sites for hydroxylation is 1. The van der Waals surface area contributed by atoms with Crippen molar-refractivity contribution in [1.82, 2.24) is 25.7 Å². The predicted octanol–water partition coefficient (Wildman–Crippen LogP) is 2.51. The summed E-state index contributed by atoms with van der Waals surface area (Å²) in [5.41, 5.74) is 4.55. The van der Waals surface area contributed by atoms with Crippen molar-refractivity contribution in [2.24, 2.45) is 0 Å². The summed E-state index contributed by atoms with van der Waals surface area (Å²) in [6.07, 6.45) is -2.89. The molecule has 3 aromatic rings. The molecule has 8 nitrogen and oxygen atoms in total. The van der Waals surface area contributed by atoms with Crippen molar-refractivity contribution in [2.45, 2.75) is 32.1 Å². The quantitative estimate of drug-likeness (QED) is 0.539. The second-order valence-corrected chi connectivity index (χ2v) is 7.28. The van der Waals surface area contributed by atoms with Crippen molar-refractivity contribution in [1.29, 1.82) is 0 Å². The number of alkyl halides is 3. The molecular weight excluding hydrogens is 427 g/mol. The van der Waals surface area contributed by atoms with Gasteiger partial charge in [0.05, 0.1) is 16.5 Å². The number of fused-ring (bicyclic) bond motifs is 2. The van der Waals surface area contributed by atoms with E-state index in [4.69, 9.17) is 0 Å². The lowest BCUT2D eigenvalue weighted by atomic mass is 10.1. The predicted molar refractivity (Wildman–Crippen MR) is 109 cm³/mol. The van der Waals surface area contributed by atoms with Gasteiger partial charge in [-0.1, -0.05) is 12.1 Å². The zero-order valence-corrected chi connectivity index (χ0v) is 16.6. The van der Waals surface area contributed by atoms with Gasteiger partial charge in [0.25, 0.3) is 11.5 Å². The maximum Gasteiger partial charge on any atom is 0.416 e. The van der Waals surface area contributed by atoms with Crippen LogP contribution in [-0.2, 0) is 25.7 Å². The highest BCUT2D eigenvalue weighted by atomic mass is 19.4. The Morgan fingerprint density at radius 1 is 1.06 bits per heavy atom. The number of amides is 3. The Balaban J connectivity index is 1.34. The first kappa shape index (κ1) is 21.3. The molecule has 0 aliphatic carbocycles. The number of urea groups is 1. The minimum atomic E-state index is -4.43. The van der Waals surface area contributed by atoms with E-state index in [0.29, 0.717) is 35.3 Å². The molecule has 2 aromatic carbocycles. The monoisotopic (exact) mass is 445 g/mol. The number of benzene rings is 2. The zero-order valence-electron chi connectivity index (χ0n) is 16.6. The summed E-state index contributed by atoms with van der Waals surface area (Å²) in [7, 11) is 0. The zero-order chi connectivity index (χ0) is 22.9. The summed E-state index contributed by atoms with van der Waals surface area (Å²) in [6.45, 7) is 0.597. The van der Waals surface area contributed by atoms with Crippen LogP contribution in [0, 0.1) is 0 Å². The van der Waals surface area contributed by atoms with E-state index in [9.17, 15) is 27.6 Å². The van der Waals surface area contributed by atoms with Gasteiger partial charge in [-0.25, -0.2) is 15.2 Å². The molecule has 0 unspecified atom stereocenters. The number of halogens is 3. The molecule has 0 atom stereocenters. The summed E-state index contributed by atoms with van der Waals surface area (Å²) in [5, 5.41) is 2.84. The molecule has 0 spiro atoms. The van der Waals surface area contributed by atoms with Crippen LogP contribution in [0.15, 0.2) is 47.3 Å². The molecule has 2 heterocycles. The Kier molecular flexibility index (Phi) is 5.56. The molecule has 1 aromatic heterocycles. The van der Waals surface area contributed by atoms with Gasteiger partial charge in [-0.05, 0) is 42.3 Å². The maximum absolute atomic E-state index is 12.6. The van der Waals surface area contributed by atoms with Crippen molar-refractivity contribution in [3.63, 3.8) is 0 Å². The molecule has 3 N–H and O–H groups in total. The van der Waals surface area contributed by atoms with Gasteiger partial charge in [0.1, 0.15) is 5.82 Å². The minimum Gasteiger partial charge on any atom is -0.333 e. The number of hydrogen-bond acceptors (Lipinski definition) is 4. The van der Waals surface area contributed by atoms with Crippen LogP contribution in [0.2, 0.25) is 0 Å². The molecule has 1 aliphatic rings. The van der Waals surface area contributed by atoms with Crippen LogP contribution in [0.5, 0.6) is 0 Å². The second-order valence-electron chi connectivity index (χ2n) is 7.28. The van der Waals surface area contributed by atoms with Gasteiger partial charge < -0.3 is 5.32 Å². The van der Waals surface area contributed by atoms with Gasteiger partial charge in [0.15, 0.2) is 0 Å². The van der Waals surface area contributed by atoms with Crippen LogP contribution in [0.3, 0.4) is 0 Å². The number of carbonyl (C=O) groups is 2. The van der Waals surface area contributed by atoms with E-state index in [1.54, 1.807) is 4.57 Å². The molecule has 0 fully saturated rings. The van der Waals surface area contributed by atoms with Crippen LogP contribution in [0.1, 0.15) is 33.7 Å². The van der Waals surface area contributed by atoms with E-state index in [-0.39, 0.29) is 17.7 Å². The molecule has 32 heavy (non-hydrogen) atoms. The maximum atomic E-state index is 12.6. The summed E-state index contributed by atoms with van der Waals surface area (Å²) in [4.78, 5) is 41.2. The molecule has 166 valence electrons. The highest BCUT2D eigenvalue weighted by Gasteiger charge is 2.29. The van der Waals surface area contributed by atoms with Gasteiger partial charge in [-0.2, -0.15) is 13.2 Å². The number of aromatic nitrogens is 2. The number of hydrazine groups is 1. The van der Waals surface area contributed by atoms with E-state index in [0.717, 1.165) is 18.6 Å². The highest BCUT2D eigenvalue weighted by molar-refractivity contribution is 5.98. The standard InChI is InChI=1S/C21H18F3N5O3/c22-21(23,24)14-6-3-12(4-7-14)11-25-20(32)28-27-18(30)13-5-8-15-16(10-13)26-17-2-1-9-29(17)19(15)31/h3-8,10H,1-2,9,11H2,(H,27,30)(H2,25,28,32). The minimum absolute atomic E-state index is 0.0329. The molecule has 0 radical (unpaired) electrons. The van der Waals surface area contributed by atoms with Crippen molar-refractivity contribution in [3.8, 4) is 0 Å². The average Bonchev–Trinajstić information content (AvgIpc) is 3.24. The first-order valence-corrected chi connectivity index (χ1v) is 9.76. The van der Waals surface area contributed by atoms with Gasteiger partial charge >= 0.3 is 12.2 Å². The van der Waals surface area contributed by atoms with E-state index in [1.807, 2.05) is 0 Å². The molecule has 4 rings (SSSR count). The normalized spacial score (nSPS) is 13.0. The van der Waals surface area contributed by atoms with Crippen molar-refractivity contribution in [2.75, 3.05) is 0 Å². The summed E-state index contributed by atoms with van der Waals surface area (Å²) < 4.78 is 39.4. The number of hydrogen-bond donors (Lipinski definition) is 3. The fraction of sp³-hybridized carbons (Fsp3) is 0.238. The number of carbonyl (C=O) groups excluding carboxylic acids is 2. The SMILES string of the molecule is O=C(NCc1ccc(C(F)(F)F)cc1)NNC(=O)c1ccc2c(=O)n3c(nc2c1)CCC3. The van der Waals surface area contributed by atoms with E-state index in [2.05, 4.69) is 21.2 Å². The molecule has 0 bridgehead atoms. The molecule has 11 heteroatoms. The van der Waals surface area contributed by atoms with Gasteiger partial charge in [0, 0.05) is 25.1 Å². The largest absolute Gasteiger partial charge is 0.416 e. The van der Waals surface area contributed by atoms with Crippen LogP contribution in [-0.4, -0.2) is 21.5 Å².